The number of ketones is 1. The predicted octanol–water partition coefficient (Wildman–Crippen LogP) is 6.97. The lowest BCUT2D eigenvalue weighted by Gasteiger charge is -2.12. The van der Waals surface area contributed by atoms with E-state index in [4.69, 9.17) is 0 Å². The molecule has 4 aromatic carbocycles. The minimum Gasteiger partial charge on any atom is -0.321 e. The van der Waals surface area contributed by atoms with Crippen LogP contribution in [0.2, 0.25) is 0 Å². The quantitative estimate of drug-likeness (QED) is 0.126. The third-order valence-electron chi connectivity index (χ3n) is 5.36. The first kappa shape index (κ1) is 27.0. The van der Waals surface area contributed by atoms with Crippen molar-refractivity contribution in [2.24, 2.45) is 0 Å². The first-order valence-electron chi connectivity index (χ1n) is 11.5. The first-order valence-corrected chi connectivity index (χ1v) is 13.3. The number of amides is 2. The van der Waals surface area contributed by atoms with Crippen LogP contribution < -0.4 is 10.6 Å². The molecule has 38 heavy (non-hydrogen) atoms. The van der Waals surface area contributed by atoms with E-state index < -0.39 is 11.8 Å². The molecule has 0 saturated heterocycles. The molecule has 0 fully saturated rings. The molecular formula is C30H22BrFN2O3S. The van der Waals surface area contributed by atoms with Crippen molar-refractivity contribution in [2.75, 3.05) is 11.1 Å². The lowest BCUT2D eigenvalue weighted by atomic mass is 10.1. The SMILES string of the molecule is O=C(Nc1ccc(SCC(=O)c2ccc(F)cc2)cc1)/C(=C/c1ccc(Br)cc1)NC(=O)c1ccccc1. The van der Waals surface area contributed by atoms with Gasteiger partial charge < -0.3 is 10.6 Å². The van der Waals surface area contributed by atoms with Crippen LogP contribution in [0.25, 0.3) is 6.08 Å². The second-order valence-corrected chi connectivity index (χ2v) is 10.1. The van der Waals surface area contributed by atoms with Crippen LogP contribution >= 0.6 is 27.7 Å². The summed E-state index contributed by atoms with van der Waals surface area (Å²) in [5, 5.41) is 5.52. The van der Waals surface area contributed by atoms with Gasteiger partial charge >= 0.3 is 0 Å². The fourth-order valence-electron chi connectivity index (χ4n) is 3.37. The summed E-state index contributed by atoms with van der Waals surface area (Å²) in [5.41, 5.74) is 2.23. The van der Waals surface area contributed by atoms with E-state index in [0.29, 0.717) is 16.8 Å². The molecule has 2 amide bonds. The van der Waals surface area contributed by atoms with Crippen molar-refractivity contribution in [3.05, 3.63) is 136 Å². The van der Waals surface area contributed by atoms with E-state index in [1.54, 1.807) is 54.6 Å². The molecule has 5 nitrogen and oxygen atoms in total. The molecule has 4 rings (SSSR count). The van der Waals surface area contributed by atoms with E-state index in [1.165, 1.54) is 36.0 Å². The molecule has 0 aliphatic rings. The van der Waals surface area contributed by atoms with E-state index in [0.717, 1.165) is 14.9 Å². The molecule has 2 N–H and O–H groups in total. The highest BCUT2D eigenvalue weighted by Crippen LogP contribution is 2.22. The first-order chi connectivity index (χ1) is 18.4. The molecule has 0 aromatic heterocycles. The Labute approximate surface area is 232 Å². The number of anilines is 1. The molecule has 0 bridgehead atoms. The van der Waals surface area contributed by atoms with E-state index in [9.17, 15) is 18.8 Å². The van der Waals surface area contributed by atoms with Crippen LogP contribution in [0.3, 0.4) is 0 Å². The summed E-state index contributed by atoms with van der Waals surface area (Å²) in [5.74, 6) is -1.18. The Morgan fingerprint density at radius 3 is 2.11 bits per heavy atom. The largest absolute Gasteiger partial charge is 0.321 e. The zero-order valence-electron chi connectivity index (χ0n) is 20.0. The van der Waals surface area contributed by atoms with Crippen LogP contribution in [0.5, 0.6) is 0 Å². The molecule has 0 aliphatic heterocycles. The van der Waals surface area contributed by atoms with Crippen molar-refractivity contribution in [3.8, 4) is 0 Å². The van der Waals surface area contributed by atoms with Gasteiger partial charge in [-0.2, -0.15) is 0 Å². The van der Waals surface area contributed by atoms with Gasteiger partial charge in [0.15, 0.2) is 5.78 Å². The van der Waals surface area contributed by atoms with Crippen molar-refractivity contribution in [1.82, 2.24) is 5.32 Å². The average Bonchev–Trinajstić information content (AvgIpc) is 2.94. The van der Waals surface area contributed by atoms with Crippen LogP contribution in [0, 0.1) is 5.82 Å². The maximum absolute atomic E-state index is 13.2. The van der Waals surface area contributed by atoms with Gasteiger partial charge in [0.1, 0.15) is 11.5 Å². The lowest BCUT2D eigenvalue weighted by Crippen LogP contribution is -2.30. The van der Waals surface area contributed by atoms with Crippen LogP contribution in [-0.2, 0) is 4.79 Å². The second kappa shape index (κ2) is 13.0. The normalized spacial score (nSPS) is 11.1. The molecule has 0 saturated carbocycles. The Balaban J connectivity index is 1.43. The van der Waals surface area contributed by atoms with Crippen molar-refractivity contribution < 1.29 is 18.8 Å². The molecule has 8 heteroatoms. The molecule has 0 atom stereocenters. The number of nitrogens with one attached hydrogen (secondary N) is 2. The minimum atomic E-state index is -0.482. The van der Waals surface area contributed by atoms with E-state index in [1.807, 2.05) is 30.3 Å². The zero-order chi connectivity index (χ0) is 26.9. The van der Waals surface area contributed by atoms with Gasteiger partial charge in [0.25, 0.3) is 11.8 Å². The van der Waals surface area contributed by atoms with Gasteiger partial charge in [-0.1, -0.05) is 46.3 Å². The lowest BCUT2D eigenvalue weighted by molar-refractivity contribution is -0.113. The number of carbonyl (C=O) groups excluding carboxylic acids is 3. The highest BCUT2D eigenvalue weighted by molar-refractivity contribution is 9.10. The summed E-state index contributed by atoms with van der Waals surface area (Å²) in [4.78, 5) is 39.1. The van der Waals surface area contributed by atoms with Gasteiger partial charge in [0.2, 0.25) is 0 Å². The fourth-order valence-corrected chi connectivity index (χ4v) is 4.43. The number of carbonyl (C=O) groups is 3. The molecule has 0 radical (unpaired) electrons. The van der Waals surface area contributed by atoms with Crippen LogP contribution in [-0.4, -0.2) is 23.4 Å². The van der Waals surface area contributed by atoms with Gasteiger partial charge in [-0.3, -0.25) is 14.4 Å². The summed E-state index contributed by atoms with van der Waals surface area (Å²) in [7, 11) is 0. The Kier molecular flexibility index (Phi) is 9.24. The Hall–Kier alpha value is -4.01. The molecule has 0 heterocycles. The monoisotopic (exact) mass is 588 g/mol. The number of halogens is 2. The van der Waals surface area contributed by atoms with Crippen molar-refractivity contribution in [1.29, 1.82) is 0 Å². The van der Waals surface area contributed by atoms with Gasteiger partial charge in [-0.15, -0.1) is 11.8 Å². The molecular weight excluding hydrogens is 567 g/mol. The third kappa shape index (κ3) is 7.74. The maximum Gasteiger partial charge on any atom is 0.272 e. The summed E-state index contributed by atoms with van der Waals surface area (Å²) < 4.78 is 14.0. The molecule has 4 aromatic rings. The number of thioether (sulfide) groups is 1. The van der Waals surface area contributed by atoms with Gasteiger partial charge in [-0.05, 0) is 84.4 Å². The van der Waals surface area contributed by atoms with Crippen molar-refractivity contribution in [2.45, 2.75) is 4.90 Å². The Morgan fingerprint density at radius 1 is 0.789 bits per heavy atom. The molecule has 0 unspecified atom stereocenters. The number of hydrogen-bond acceptors (Lipinski definition) is 4. The number of benzene rings is 4. The highest BCUT2D eigenvalue weighted by atomic mass is 79.9. The maximum atomic E-state index is 13.2. The number of hydrogen-bond donors (Lipinski definition) is 2. The van der Waals surface area contributed by atoms with Crippen LogP contribution in [0.15, 0.2) is 118 Å². The highest BCUT2D eigenvalue weighted by Gasteiger charge is 2.15. The summed E-state index contributed by atoms with van der Waals surface area (Å²) in [6.07, 6.45) is 1.61. The third-order valence-corrected chi connectivity index (χ3v) is 6.90. The van der Waals surface area contributed by atoms with E-state index in [-0.39, 0.29) is 23.1 Å². The summed E-state index contributed by atoms with van der Waals surface area (Å²) in [6.45, 7) is 0. The van der Waals surface area contributed by atoms with Gasteiger partial charge in [0.05, 0.1) is 5.75 Å². The molecule has 0 aliphatic carbocycles. The fraction of sp³-hybridized carbons (Fsp3) is 0.0333. The van der Waals surface area contributed by atoms with Gasteiger partial charge in [0, 0.05) is 26.2 Å². The second-order valence-electron chi connectivity index (χ2n) is 8.13. The minimum absolute atomic E-state index is 0.0875. The Morgan fingerprint density at radius 2 is 1.45 bits per heavy atom. The smallest absolute Gasteiger partial charge is 0.272 e. The van der Waals surface area contributed by atoms with Crippen LogP contribution in [0.4, 0.5) is 10.1 Å². The average molecular weight is 589 g/mol. The summed E-state index contributed by atoms with van der Waals surface area (Å²) >= 11 is 4.73. The Bertz CT molecular complexity index is 1460. The predicted molar refractivity (Wildman–Crippen MR) is 153 cm³/mol. The van der Waals surface area contributed by atoms with Gasteiger partial charge in [-0.25, -0.2) is 4.39 Å². The number of rotatable bonds is 9. The van der Waals surface area contributed by atoms with Crippen molar-refractivity contribution in [3.63, 3.8) is 0 Å². The van der Waals surface area contributed by atoms with E-state index in [2.05, 4.69) is 26.6 Å². The van der Waals surface area contributed by atoms with Crippen molar-refractivity contribution >= 4 is 57.1 Å². The van der Waals surface area contributed by atoms with Crippen LogP contribution in [0.1, 0.15) is 26.3 Å². The van der Waals surface area contributed by atoms with E-state index >= 15 is 0 Å². The molecule has 190 valence electrons. The summed E-state index contributed by atoms with van der Waals surface area (Å²) in [6, 6.07) is 28.5. The topological polar surface area (TPSA) is 75.3 Å². The number of Topliss-reactive ketones (excluding diaryl/α,β-unsaturated/α-hetero) is 1. The standard InChI is InChI=1S/C30H22BrFN2O3S/c31-23-10-6-20(7-11-23)18-27(34-29(36)22-4-2-1-3-5-22)30(37)33-25-14-16-26(17-15-25)38-19-28(35)21-8-12-24(32)13-9-21/h1-18H,19H2,(H,33,37)(H,34,36)/b27-18-. The zero-order valence-corrected chi connectivity index (χ0v) is 22.4. The molecule has 0 spiro atoms.